The van der Waals surface area contributed by atoms with Crippen LogP contribution in [0.25, 0.3) is 0 Å². The second kappa shape index (κ2) is 9.35. The maximum atomic E-state index is 12.7. The lowest BCUT2D eigenvalue weighted by Gasteiger charge is -2.18. The Morgan fingerprint density at radius 3 is 2.43 bits per heavy atom. The van der Waals surface area contributed by atoms with E-state index in [1.165, 1.54) is 10.1 Å². The van der Waals surface area contributed by atoms with Crippen molar-refractivity contribution in [1.82, 2.24) is 9.88 Å². The topological polar surface area (TPSA) is 80.2 Å². The highest BCUT2D eigenvalue weighted by atomic mass is 16.2. The van der Waals surface area contributed by atoms with Gasteiger partial charge in [0.1, 0.15) is 12.2 Å². The van der Waals surface area contributed by atoms with Crippen LogP contribution < -0.4 is 16.2 Å². The molecular weight excluding hydrogens is 354 g/mol. The second-order valence-electron chi connectivity index (χ2n) is 7.23. The molecule has 1 aromatic carbocycles. The minimum Gasteiger partial charge on any atom is -0.348 e. The molecule has 2 amide bonds. The van der Waals surface area contributed by atoms with Crippen LogP contribution in [0.2, 0.25) is 0 Å². The molecule has 0 radical (unpaired) electrons. The van der Waals surface area contributed by atoms with Crippen molar-refractivity contribution in [2.24, 2.45) is 0 Å². The van der Waals surface area contributed by atoms with Gasteiger partial charge in [0.15, 0.2) is 0 Å². The Hall–Kier alpha value is -2.89. The molecule has 2 N–H and O–H groups in total. The highest BCUT2D eigenvalue weighted by Gasteiger charge is 2.15. The Labute approximate surface area is 166 Å². The first kappa shape index (κ1) is 21.4. The van der Waals surface area contributed by atoms with E-state index in [1.54, 1.807) is 19.1 Å². The Bertz CT molecular complexity index is 931. The average Bonchev–Trinajstić information content (AvgIpc) is 2.61. The van der Waals surface area contributed by atoms with E-state index >= 15 is 0 Å². The van der Waals surface area contributed by atoms with Gasteiger partial charge in [0, 0.05) is 12.1 Å². The summed E-state index contributed by atoms with van der Waals surface area (Å²) in [7, 11) is 0. The fourth-order valence-corrected chi connectivity index (χ4v) is 3.22. The van der Waals surface area contributed by atoms with Crippen LogP contribution in [0, 0.1) is 20.8 Å². The molecule has 0 saturated heterocycles. The first-order chi connectivity index (χ1) is 13.2. The molecule has 6 heteroatoms. The summed E-state index contributed by atoms with van der Waals surface area (Å²) >= 11 is 0. The van der Waals surface area contributed by atoms with Crippen molar-refractivity contribution >= 4 is 17.5 Å². The summed E-state index contributed by atoms with van der Waals surface area (Å²) in [5.41, 5.74) is 3.81. The number of carbonyl (C=O) groups is 2. The lowest BCUT2D eigenvalue weighted by Crippen LogP contribution is -2.35. The largest absolute Gasteiger partial charge is 0.348 e. The number of nitrogens with one attached hydrogen (secondary N) is 2. The number of pyridine rings is 1. The van der Waals surface area contributed by atoms with Gasteiger partial charge in [-0.25, -0.2) is 0 Å². The van der Waals surface area contributed by atoms with Gasteiger partial charge in [-0.05, 0) is 57.4 Å². The predicted octanol–water partition coefficient (Wildman–Crippen LogP) is 3.39. The van der Waals surface area contributed by atoms with E-state index in [2.05, 4.69) is 16.7 Å². The highest BCUT2D eigenvalue weighted by molar-refractivity contribution is 5.90. The molecule has 150 valence electrons. The van der Waals surface area contributed by atoms with E-state index in [1.807, 2.05) is 39.8 Å². The summed E-state index contributed by atoms with van der Waals surface area (Å²) in [5.74, 6) is -0.461. The molecule has 0 spiro atoms. The highest BCUT2D eigenvalue weighted by Crippen LogP contribution is 2.18. The van der Waals surface area contributed by atoms with Gasteiger partial charge < -0.3 is 15.2 Å². The zero-order chi connectivity index (χ0) is 20.8. The van der Waals surface area contributed by atoms with Gasteiger partial charge in [-0.3, -0.25) is 14.4 Å². The molecule has 0 aliphatic heterocycles. The maximum absolute atomic E-state index is 12.7. The molecule has 0 aliphatic rings. The van der Waals surface area contributed by atoms with Crippen LogP contribution in [0.5, 0.6) is 0 Å². The molecule has 1 heterocycles. The van der Waals surface area contributed by atoms with Crippen molar-refractivity contribution in [3.63, 3.8) is 0 Å². The van der Waals surface area contributed by atoms with Crippen LogP contribution in [-0.4, -0.2) is 16.4 Å². The molecule has 0 saturated carbocycles. The SMILES string of the molecule is CCCC(=O)Nc1ccc(C)n(CC(=O)NC(C)c2ccc(C)cc2C)c1=O. The van der Waals surface area contributed by atoms with Gasteiger partial charge in [-0.15, -0.1) is 0 Å². The maximum Gasteiger partial charge on any atom is 0.274 e. The number of carbonyl (C=O) groups excluding carboxylic acids is 2. The van der Waals surface area contributed by atoms with Crippen molar-refractivity contribution in [3.8, 4) is 0 Å². The quantitative estimate of drug-likeness (QED) is 0.769. The van der Waals surface area contributed by atoms with Gasteiger partial charge in [-0.1, -0.05) is 30.7 Å². The van der Waals surface area contributed by atoms with Crippen molar-refractivity contribution < 1.29 is 9.59 Å². The zero-order valence-electron chi connectivity index (χ0n) is 17.3. The van der Waals surface area contributed by atoms with Gasteiger partial charge in [-0.2, -0.15) is 0 Å². The number of rotatable bonds is 7. The molecular formula is C22H29N3O3. The van der Waals surface area contributed by atoms with E-state index in [-0.39, 0.29) is 35.6 Å². The van der Waals surface area contributed by atoms with Crippen LogP contribution in [-0.2, 0) is 16.1 Å². The fraction of sp³-hybridized carbons (Fsp3) is 0.409. The number of aryl methyl sites for hydroxylation is 3. The molecule has 0 aliphatic carbocycles. The van der Waals surface area contributed by atoms with Crippen molar-refractivity contribution in [2.75, 3.05) is 5.32 Å². The molecule has 2 aromatic rings. The monoisotopic (exact) mass is 383 g/mol. The minimum absolute atomic E-state index is 0.0998. The standard InChI is InChI=1S/C22H29N3O3/c1-6-7-20(26)24-19-11-9-16(4)25(22(19)28)13-21(27)23-17(5)18-10-8-14(2)12-15(18)3/h8-12,17H,6-7,13H2,1-5H3,(H,23,27)(H,24,26). The predicted molar refractivity (Wildman–Crippen MR) is 111 cm³/mol. The number of hydrogen-bond acceptors (Lipinski definition) is 3. The van der Waals surface area contributed by atoms with E-state index < -0.39 is 0 Å². The Morgan fingerprint density at radius 2 is 1.79 bits per heavy atom. The molecule has 0 fully saturated rings. The summed E-state index contributed by atoms with van der Waals surface area (Å²) in [6, 6.07) is 9.24. The van der Waals surface area contributed by atoms with Crippen molar-refractivity contribution in [2.45, 2.75) is 60.0 Å². The summed E-state index contributed by atoms with van der Waals surface area (Å²) in [5, 5.41) is 5.58. The van der Waals surface area contributed by atoms with Gasteiger partial charge >= 0.3 is 0 Å². The summed E-state index contributed by atoms with van der Waals surface area (Å²) < 4.78 is 1.38. The van der Waals surface area contributed by atoms with Crippen molar-refractivity contribution in [1.29, 1.82) is 0 Å². The first-order valence-electron chi connectivity index (χ1n) is 9.59. The number of hydrogen-bond donors (Lipinski definition) is 2. The zero-order valence-corrected chi connectivity index (χ0v) is 17.3. The molecule has 2 rings (SSSR count). The summed E-state index contributed by atoms with van der Waals surface area (Å²) in [6.45, 7) is 9.53. The third-order valence-corrected chi connectivity index (χ3v) is 4.71. The van der Waals surface area contributed by atoms with Crippen LogP contribution >= 0.6 is 0 Å². The Balaban J connectivity index is 2.14. The van der Waals surface area contributed by atoms with E-state index in [9.17, 15) is 14.4 Å². The number of anilines is 1. The second-order valence-corrected chi connectivity index (χ2v) is 7.23. The first-order valence-corrected chi connectivity index (χ1v) is 9.59. The Kier molecular flexibility index (Phi) is 7.15. The molecule has 1 atom stereocenters. The Morgan fingerprint density at radius 1 is 1.07 bits per heavy atom. The fourth-order valence-electron chi connectivity index (χ4n) is 3.22. The number of aromatic nitrogens is 1. The lowest BCUT2D eigenvalue weighted by molar-refractivity contribution is -0.122. The van der Waals surface area contributed by atoms with Crippen LogP contribution in [0.3, 0.4) is 0 Å². The van der Waals surface area contributed by atoms with Gasteiger partial charge in [0.05, 0.1) is 6.04 Å². The summed E-state index contributed by atoms with van der Waals surface area (Å²) in [4.78, 5) is 37.0. The van der Waals surface area contributed by atoms with E-state index in [0.717, 1.165) is 11.1 Å². The molecule has 1 unspecified atom stereocenters. The molecule has 28 heavy (non-hydrogen) atoms. The van der Waals surface area contributed by atoms with E-state index in [4.69, 9.17) is 0 Å². The molecule has 0 bridgehead atoms. The normalized spacial score (nSPS) is 11.8. The lowest BCUT2D eigenvalue weighted by atomic mass is 10.0. The number of amides is 2. The van der Waals surface area contributed by atoms with Crippen LogP contribution in [0.15, 0.2) is 35.1 Å². The third kappa shape index (κ3) is 5.31. The van der Waals surface area contributed by atoms with Crippen LogP contribution in [0.4, 0.5) is 5.69 Å². The van der Waals surface area contributed by atoms with Gasteiger partial charge in [0.2, 0.25) is 11.8 Å². The van der Waals surface area contributed by atoms with Crippen molar-refractivity contribution in [3.05, 3.63) is 63.1 Å². The van der Waals surface area contributed by atoms with Gasteiger partial charge in [0.25, 0.3) is 5.56 Å². The average molecular weight is 383 g/mol. The molecule has 1 aromatic heterocycles. The molecule has 6 nitrogen and oxygen atoms in total. The summed E-state index contributed by atoms with van der Waals surface area (Å²) in [6.07, 6.45) is 1.05. The number of benzene rings is 1. The smallest absolute Gasteiger partial charge is 0.274 e. The number of nitrogens with zero attached hydrogens (tertiary/aromatic N) is 1. The minimum atomic E-state index is -0.376. The third-order valence-electron chi connectivity index (χ3n) is 4.71. The van der Waals surface area contributed by atoms with Crippen LogP contribution in [0.1, 0.15) is 55.1 Å². The van der Waals surface area contributed by atoms with E-state index in [0.29, 0.717) is 18.5 Å².